The Morgan fingerprint density at radius 3 is 2.39 bits per heavy atom. The van der Waals surface area contributed by atoms with Crippen LogP contribution in [0.3, 0.4) is 0 Å². The lowest BCUT2D eigenvalue weighted by Gasteiger charge is -2.36. The predicted octanol–water partition coefficient (Wildman–Crippen LogP) is 1.79. The molecule has 1 saturated carbocycles. The Kier molecular flexibility index (Phi) is 5.60. The second kappa shape index (κ2) is 6.53. The van der Waals surface area contributed by atoms with Gasteiger partial charge in [-0.05, 0) is 39.7 Å². The molecule has 0 bridgehead atoms. The molecule has 1 aliphatic rings. The number of nitrogens with one attached hydrogen (secondary N) is 1. The fourth-order valence-corrected chi connectivity index (χ4v) is 2.61. The molecule has 1 fully saturated rings. The fourth-order valence-electron chi connectivity index (χ4n) is 2.61. The summed E-state index contributed by atoms with van der Waals surface area (Å²) in [5, 5.41) is 3.44. The van der Waals surface area contributed by atoms with E-state index in [-0.39, 0.29) is 5.97 Å². The van der Waals surface area contributed by atoms with Gasteiger partial charge in [-0.25, -0.2) is 0 Å². The first-order valence-corrected chi connectivity index (χ1v) is 7.03. The SMILES string of the molecule is CCC(CC)N(C)CC(C)(NC1CC1)C(=O)OC. The van der Waals surface area contributed by atoms with Crippen molar-refractivity contribution in [3.8, 4) is 0 Å². The molecule has 0 radical (unpaired) electrons. The molecule has 0 aliphatic heterocycles. The number of ether oxygens (including phenoxy) is 1. The normalized spacial score (nSPS) is 19.1. The molecular weight excluding hydrogens is 228 g/mol. The van der Waals surface area contributed by atoms with E-state index >= 15 is 0 Å². The Morgan fingerprint density at radius 2 is 2.00 bits per heavy atom. The lowest BCUT2D eigenvalue weighted by atomic mass is 9.99. The average molecular weight is 256 g/mol. The number of hydrogen-bond acceptors (Lipinski definition) is 4. The van der Waals surface area contributed by atoms with E-state index in [2.05, 4.69) is 31.1 Å². The molecule has 4 nitrogen and oxygen atoms in total. The fraction of sp³-hybridized carbons (Fsp3) is 0.929. The molecule has 0 heterocycles. The summed E-state index contributed by atoms with van der Waals surface area (Å²) in [4.78, 5) is 14.3. The van der Waals surface area contributed by atoms with E-state index in [4.69, 9.17) is 4.74 Å². The van der Waals surface area contributed by atoms with Crippen LogP contribution < -0.4 is 5.32 Å². The molecule has 18 heavy (non-hydrogen) atoms. The molecule has 0 amide bonds. The summed E-state index contributed by atoms with van der Waals surface area (Å²) in [7, 11) is 3.56. The Bertz CT molecular complexity index is 275. The van der Waals surface area contributed by atoms with Gasteiger partial charge < -0.3 is 9.64 Å². The van der Waals surface area contributed by atoms with Gasteiger partial charge in [0.05, 0.1) is 7.11 Å². The molecule has 1 aliphatic carbocycles. The van der Waals surface area contributed by atoms with Crippen molar-refractivity contribution in [1.29, 1.82) is 0 Å². The zero-order chi connectivity index (χ0) is 13.8. The van der Waals surface area contributed by atoms with Crippen molar-refractivity contribution >= 4 is 5.97 Å². The lowest BCUT2D eigenvalue weighted by Crippen LogP contribution is -2.58. The first kappa shape index (κ1) is 15.4. The first-order chi connectivity index (χ1) is 8.46. The zero-order valence-electron chi connectivity index (χ0n) is 12.5. The summed E-state index contributed by atoms with van der Waals surface area (Å²) >= 11 is 0. The predicted molar refractivity (Wildman–Crippen MR) is 73.6 cm³/mol. The lowest BCUT2D eigenvalue weighted by molar-refractivity contribution is -0.149. The van der Waals surface area contributed by atoms with Gasteiger partial charge in [-0.2, -0.15) is 0 Å². The summed E-state index contributed by atoms with van der Waals surface area (Å²) < 4.78 is 4.96. The minimum Gasteiger partial charge on any atom is -0.468 e. The highest BCUT2D eigenvalue weighted by molar-refractivity contribution is 5.80. The molecule has 0 spiro atoms. The average Bonchev–Trinajstić information content (AvgIpc) is 3.13. The van der Waals surface area contributed by atoms with E-state index in [1.165, 1.54) is 20.0 Å². The van der Waals surface area contributed by atoms with E-state index in [1.54, 1.807) is 0 Å². The van der Waals surface area contributed by atoms with Crippen LogP contribution >= 0.6 is 0 Å². The van der Waals surface area contributed by atoms with Gasteiger partial charge in [0.1, 0.15) is 5.54 Å². The third-order valence-corrected chi connectivity index (χ3v) is 3.87. The Balaban J connectivity index is 2.67. The van der Waals surface area contributed by atoms with E-state index in [0.717, 1.165) is 12.8 Å². The van der Waals surface area contributed by atoms with Crippen LogP contribution in [0.1, 0.15) is 46.5 Å². The number of likely N-dealkylation sites (N-methyl/N-ethyl adjacent to an activating group) is 1. The number of nitrogens with zero attached hydrogens (tertiary/aromatic N) is 1. The highest BCUT2D eigenvalue weighted by atomic mass is 16.5. The second-order valence-electron chi connectivity index (χ2n) is 5.63. The van der Waals surface area contributed by atoms with Crippen LogP contribution in [0.15, 0.2) is 0 Å². The van der Waals surface area contributed by atoms with Gasteiger partial charge in [-0.15, -0.1) is 0 Å². The summed E-state index contributed by atoms with van der Waals surface area (Å²) in [6.45, 7) is 7.03. The van der Waals surface area contributed by atoms with Gasteiger partial charge >= 0.3 is 5.97 Å². The van der Waals surface area contributed by atoms with Crippen molar-refractivity contribution in [2.75, 3.05) is 20.7 Å². The Morgan fingerprint density at radius 1 is 1.44 bits per heavy atom. The number of esters is 1. The molecule has 0 aromatic carbocycles. The maximum atomic E-state index is 12.0. The van der Waals surface area contributed by atoms with Crippen LogP contribution in [0, 0.1) is 0 Å². The van der Waals surface area contributed by atoms with Crippen molar-refractivity contribution in [2.24, 2.45) is 0 Å². The molecular formula is C14H28N2O2. The van der Waals surface area contributed by atoms with Crippen molar-refractivity contribution < 1.29 is 9.53 Å². The van der Waals surface area contributed by atoms with Crippen LogP contribution in [-0.4, -0.2) is 49.2 Å². The Hall–Kier alpha value is -0.610. The van der Waals surface area contributed by atoms with Gasteiger partial charge in [0, 0.05) is 18.6 Å². The first-order valence-electron chi connectivity index (χ1n) is 7.03. The number of methoxy groups -OCH3 is 1. The topological polar surface area (TPSA) is 41.6 Å². The molecule has 1 N–H and O–H groups in total. The molecule has 1 atom stereocenters. The number of rotatable bonds is 8. The van der Waals surface area contributed by atoms with Crippen LogP contribution in [0.5, 0.6) is 0 Å². The molecule has 106 valence electrons. The largest absolute Gasteiger partial charge is 0.468 e. The monoisotopic (exact) mass is 256 g/mol. The summed E-state index contributed by atoms with van der Waals surface area (Å²) in [5.41, 5.74) is -0.590. The van der Waals surface area contributed by atoms with Crippen molar-refractivity contribution in [2.45, 2.75) is 64.1 Å². The van der Waals surface area contributed by atoms with Crippen molar-refractivity contribution in [1.82, 2.24) is 10.2 Å². The second-order valence-corrected chi connectivity index (χ2v) is 5.63. The molecule has 0 saturated heterocycles. The van der Waals surface area contributed by atoms with E-state index in [9.17, 15) is 4.79 Å². The minimum absolute atomic E-state index is 0.160. The molecule has 0 aromatic rings. The number of carbonyl (C=O) groups is 1. The summed E-state index contributed by atoms with van der Waals surface area (Å²) in [6.07, 6.45) is 4.55. The van der Waals surface area contributed by atoms with Gasteiger partial charge in [0.25, 0.3) is 0 Å². The molecule has 1 rings (SSSR count). The van der Waals surface area contributed by atoms with Gasteiger partial charge in [-0.3, -0.25) is 10.1 Å². The number of carbonyl (C=O) groups excluding carboxylic acids is 1. The van der Waals surface area contributed by atoms with Gasteiger partial charge in [-0.1, -0.05) is 13.8 Å². The van der Waals surface area contributed by atoms with Crippen molar-refractivity contribution in [3.05, 3.63) is 0 Å². The maximum absolute atomic E-state index is 12.0. The van der Waals surface area contributed by atoms with Crippen LogP contribution in [0.4, 0.5) is 0 Å². The minimum atomic E-state index is -0.590. The van der Waals surface area contributed by atoms with Gasteiger partial charge in [0.2, 0.25) is 0 Å². The van der Waals surface area contributed by atoms with Crippen molar-refractivity contribution in [3.63, 3.8) is 0 Å². The maximum Gasteiger partial charge on any atom is 0.327 e. The van der Waals surface area contributed by atoms with Crippen LogP contribution in [0.2, 0.25) is 0 Å². The standard InChI is InChI=1S/C14H28N2O2/c1-6-12(7-2)16(4)10-14(3,13(17)18-5)15-11-8-9-11/h11-12,15H,6-10H2,1-5H3. The molecule has 4 heteroatoms. The zero-order valence-corrected chi connectivity index (χ0v) is 12.5. The van der Waals surface area contributed by atoms with E-state index < -0.39 is 5.54 Å². The van der Waals surface area contributed by atoms with E-state index in [0.29, 0.717) is 18.6 Å². The molecule has 1 unspecified atom stereocenters. The Labute approximate surface area is 111 Å². The smallest absolute Gasteiger partial charge is 0.327 e. The highest BCUT2D eigenvalue weighted by Crippen LogP contribution is 2.24. The highest BCUT2D eigenvalue weighted by Gasteiger charge is 2.40. The van der Waals surface area contributed by atoms with E-state index in [1.807, 2.05) is 6.92 Å². The third kappa shape index (κ3) is 3.95. The quantitative estimate of drug-likeness (QED) is 0.672. The van der Waals surface area contributed by atoms with Crippen LogP contribution in [-0.2, 0) is 9.53 Å². The van der Waals surface area contributed by atoms with Gasteiger partial charge in [0.15, 0.2) is 0 Å². The van der Waals surface area contributed by atoms with Crippen LogP contribution in [0.25, 0.3) is 0 Å². The summed E-state index contributed by atoms with van der Waals surface area (Å²) in [6, 6.07) is 1.01. The molecule has 0 aromatic heterocycles. The third-order valence-electron chi connectivity index (χ3n) is 3.87. The summed E-state index contributed by atoms with van der Waals surface area (Å²) in [5.74, 6) is -0.160. The number of hydrogen-bond donors (Lipinski definition) is 1.